The molecule has 2 aliphatic carbocycles. The molecular formula is C16H20BrClFNO. The number of anilines is 1. The molecule has 0 aromatic heterocycles. The first kappa shape index (κ1) is 15.6. The van der Waals surface area contributed by atoms with Crippen LogP contribution in [0.5, 0.6) is 0 Å². The third-order valence-corrected chi connectivity index (χ3v) is 5.94. The fourth-order valence-corrected chi connectivity index (χ4v) is 4.86. The van der Waals surface area contributed by atoms with Gasteiger partial charge in [0.2, 0.25) is 0 Å². The Hall–Kier alpha value is -0.320. The fourth-order valence-electron chi connectivity index (χ4n) is 3.94. The van der Waals surface area contributed by atoms with Crippen molar-refractivity contribution in [3.63, 3.8) is 0 Å². The van der Waals surface area contributed by atoms with Crippen LogP contribution in [-0.4, -0.2) is 18.8 Å². The van der Waals surface area contributed by atoms with Crippen molar-refractivity contribution in [2.45, 2.75) is 51.2 Å². The van der Waals surface area contributed by atoms with E-state index >= 15 is 0 Å². The van der Waals surface area contributed by atoms with Crippen molar-refractivity contribution < 1.29 is 9.13 Å². The van der Waals surface area contributed by atoms with E-state index < -0.39 is 0 Å². The molecule has 1 aromatic carbocycles. The molecule has 2 atom stereocenters. The van der Waals surface area contributed by atoms with E-state index in [-0.39, 0.29) is 11.2 Å². The summed E-state index contributed by atoms with van der Waals surface area (Å²) in [5, 5.41) is 3.96. The minimum Gasteiger partial charge on any atom is -0.379 e. The minimum atomic E-state index is -0.325. The summed E-state index contributed by atoms with van der Waals surface area (Å²) in [4.78, 5) is 0. The molecule has 0 saturated heterocycles. The molecule has 0 amide bonds. The number of nitrogens with one attached hydrogen (secondary N) is 1. The summed E-state index contributed by atoms with van der Waals surface area (Å²) in [6, 6.07) is 3.17. The van der Waals surface area contributed by atoms with Crippen LogP contribution < -0.4 is 5.32 Å². The molecule has 3 rings (SSSR count). The molecule has 0 bridgehead atoms. The molecule has 1 spiro atoms. The lowest BCUT2D eigenvalue weighted by atomic mass is 9.60. The monoisotopic (exact) mass is 375 g/mol. The topological polar surface area (TPSA) is 21.3 Å². The van der Waals surface area contributed by atoms with Crippen LogP contribution in [0.2, 0.25) is 5.02 Å². The summed E-state index contributed by atoms with van der Waals surface area (Å²) < 4.78 is 19.9. The maximum atomic E-state index is 13.3. The molecule has 2 saturated carbocycles. The average molecular weight is 377 g/mol. The second-order valence-electron chi connectivity index (χ2n) is 6.06. The van der Waals surface area contributed by atoms with Gasteiger partial charge in [0, 0.05) is 22.5 Å². The van der Waals surface area contributed by atoms with Crippen LogP contribution in [0.1, 0.15) is 39.0 Å². The van der Waals surface area contributed by atoms with E-state index in [0.717, 1.165) is 18.7 Å². The summed E-state index contributed by atoms with van der Waals surface area (Å²) in [7, 11) is 0. The lowest BCUT2D eigenvalue weighted by Crippen LogP contribution is -2.60. The average Bonchev–Trinajstić information content (AvgIpc) is 2.92. The highest BCUT2D eigenvalue weighted by molar-refractivity contribution is 9.10. The van der Waals surface area contributed by atoms with E-state index in [4.69, 9.17) is 16.3 Å². The zero-order valence-corrected chi connectivity index (χ0v) is 14.4. The summed E-state index contributed by atoms with van der Waals surface area (Å²) in [6.45, 7) is 2.82. The van der Waals surface area contributed by atoms with Crippen LogP contribution in [0.15, 0.2) is 16.6 Å². The summed E-state index contributed by atoms with van der Waals surface area (Å²) in [5.41, 5.74) is 1.02. The summed E-state index contributed by atoms with van der Waals surface area (Å²) in [6.07, 6.45) is 6.27. The Balaban J connectivity index is 1.80. The Morgan fingerprint density at radius 2 is 2.14 bits per heavy atom. The van der Waals surface area contributed by atoms with Gasteiger partial charge in [0.05, 0.1) is 16.8 Å². The molecule has 21 heavy (non-hydrogen) atoms. The molecule has 1 aromatic rings. The first-order valence-electron chi connectivity index (χ1n) is 7.59. The van der Waals surface area contributed by atoms with Gasteiger partial charge in [-0.25, -0.2) is 4.39 Å². The number of halogens is 3. The van der Waals surface area contributed by atoms with E-state index in [1.165, 1.54) is 37.8 Å². The smallest absolute Gasteiger partial charge is 0.125 e. The third-order valence-electron chi connectivity index (χ3n) is 5.01. The number of hydrogen-bond donors (Lipinski definition) is 1. The van der Waals surface area contributed by atoms with Gasteiger partial charge in [-0.15, -0.1) is 0 Å². The highest BCUT2D eigenvalue weighted by atomic mass is 79.9. The van der Waals surface area contributed by atoms with Crippen LogP contribution in [0, 0.1) is 11.2 Å². The van der Waals surface area contributed by atoms with Crippen molar-refractivity contribution >= 4 is 33.2 Å². The predicted octanol–water partition coefficient (Wildman–Crippen LogP) is 5.39. The van der Waals surface area contributed by atoms with E-state index in [2.05, 4.69) is 28.2 Å². The van der Waals surface area contributed by atoms with Crippen LogP contribution in [0.3, 0.4) is 0 Å². The van der Waals surface area contributed by atoms with E-state index in [0.29, 0.717) is 21.6 Å². The highest BCUT2D eigenvalue weighted by Crippen LogP contribution is 2.56. The SMILES string of the molecule is CCOC1CC(Nc2c(Cl)cc(F)cc2Br)C12CCCC2. The maximum Gasteiger partial charge on any atom is 0.125 e. The number of benzene rings is 1. The minimum absolute atomic E-state index is 0.229. The number of hydrogen-bond acceptors (Lipinski definition) is 2. The van der Waals surface area contributed by atoms with Gasteiger partial charge in [-0.2, -0.15) is 0 Å². The van der Waals surface area contributed by atoms with Gasteiger partial charge in [0.15, 0.2) is 0 Å². The Kier molecular flexibility index (Phi) is 4.49. The van der Waals surface area contributed by atoms with Crippen molar-refractivity contribution in [3.05, 3.63) is 27.4 Å². The largest absolute Gasteiger partial charge is 0.379 e. The predicted molar refractivity (Wildman–Crippen MR) is 87.5 cm³/mol. The second kappa shape index (κ2) is 6.05. The van der Waals surface area contributed by atoms with Gasteiger partial charge in [-0.1, -0.05) is 24.4 Å². The quantitative estimate of drug-likeness (QED) is 0.760. The molecule has 0 aliphatic heterocycles. The van der Waals surface area contributed by atoms with Crippen molar-refractivity contribution in [2.24, 2.45) is 5.41 Å². The zero-order chi connectivity index (χ0) is 15.0. The van der Waals surface area contributed by atoms with E-state index in [1.807, 2.05) is 0 Å². The van der Waals surface area contributed by atoms with Crippen molar-refractivity contribution in [2.75, 3.05) is 11.9 Å². The van der Waals surface area contributed by atoms with Gasteiger partial charge in [0.1, 0.15) is 5.82 Å². The van der Waals surface area contributed by atoms with Crippen LogP contribution in [0.25, 0.3) is 0 Å². The highest BCUT2D eigenvalue weighted by Gasteiger charge is 2.56. The summed E-state index contributed by atoms with van der Waals surface area (Å²) >= 11 is 9.59. The van der Waals surface area contributed by atoms with Crippen LogP contribution in [-0.2, 0) is 4.74 Å². The van der Waals surface area contributed by atoms with E-state index in [1.54, 1.807) is 0 Å². The Labute approximate surface area is 138 Å². The maximum absolute atomic E-state index is 13.3. The second-order valence-corrected chi connectivity index (χ2v) is 7.32. The van der Waals surface area contributed by atoms with Crippen molar-refractivity contribution in [1.82, 2.24) is 0 Å². The zero-order valence-electron chi connectivity index (χ0n) is 12.1. The third kappa shape index (κ3) is 2.71. The molecule has 2 nitrogen and oxygen atoms in total. The molecule has 5 heteroatoms. The van der Waals surface area contributed by atoms with Gasteiger partial charge in [-0.05, 0) is 54.2 Å². The van der Waals surface area contributed by atoms with E-state index in [9.17, 15) is 4.39 Å². The van der Waals surface area contributed by atoms with Gasteiger partial charge >= 0.3 is 0 Å². The first-order chi connectivity index (χ1) is 10.1. The standard InChI is InChI=1S/C16H20BrClFNO/c1-2-21-14-9-13(16(14)5-3-4-6-16)20-15-11(17)7-10(19)8-12(15)18/h7-8,13-14,20H,2-6,9H2,1H3. The molecule has 0 heterocycles. The normalized spacial score (nSPS) is 26.9. The Bertz CT molecular complexity index is 510. The van der Waals surface area contributed by atoms with Gasteiger partial charge in [-0.3, -0.25) is 0 Å². The number of rotatable bonds is 4. The van der Waals surface area contributed by atoms with Crippen LogP contribution in [0.4, 0.5) is 10.1 Å². The molecule has 0 radical (unpaired) electrons. The number of ether oxygens (including phenoxy) is 1. The fraction of sp³-hybridized carbons (Fsp3) is 0.625. The first-order valence-corrected chi connectivity index (χ1v) is 8.76. The van der Waals surface area contributed by atoms with Gasteiger partial charge in [0.25, 0.3) is 0 Å². The van der Waals surface area contributed by atoms with Gasteiger partial charge < -0.3 is 10.1 Å². The molecule has 2 fully saturated rings. The van der Waals surface area contributed by atoms with Crippen molar-refractivity contribution in [3.8, 4) is 0 Å². The summed E-state index contributed by atoms with van der Waals surface area (Å²) in [5.74, 6) is -0.325. The molecule has 116 valence electrons. The molecule has 2 unspecified atom stereocenters. The molecular weight excluding hydrogens is 357 g/mol. The Morgan fingerprint density at radius 1 is 1.43 bits per heavy atom. The lowest BCUT2D eigenvalue weighted by Gasteiger charge is -2.54. The molecule has 1 N–H and O–H groups in total. The Morgan fingerprint density at radius 3 is 2.76 bits per heavy atom. The van der Waals surface area contributed by atoms with Crippen LogP contribution >= 0.6 is 27.5 Å². The molecule has 2 aliphatic rings. The lowest BCUT2D eigenvalue weighted by molar-refractivity contribution is -0.114. The van der Waals surface area contributed by atoms with Crippen molar-refractivity contribution in [1.29, 1.82) is 0 Å².